The summed E-state index contributed by atoms with van der Waals surface area (Å²) in [6.45, 7) is 7.76. The summed E-state index contributed by atoms with van der Waals surface area (Å²) in [4.78, 5) is 33.2. The molecule has 3 aromatic rings. The van der Waals surface area contributed by atoms with Gasteiger partial charge in [0.05, 0.1) is 5.69 Å². The van der Waals surface area contributed by atoms with E-state index >= 15 is 0 Å². The number of thiazole rings is 1. The Morgan fingerprint density at radius 2 is 1.74 bits per heavy atom. The molecule has 1 saturated heterocycles. The first-order valence-corrected chi connectivity index (χ1v) is 12.9. The first-order valence-electron chi connectivity index (χ1n) is 11.7. The SMILES string of the molecule is Cc1ccc(-c2nc(C)c(C(=O)N3CCC(C(C)C(=O)NCc4ccc(Cl)cc4)CC3)s2)cc1. The molecule has 2 amide bonds. The van der Waals surface area contributed by atoms with Gasteiger partial charge in [-0.15, -0.1) is 11.3 Å². The standard InChI is InChI=1S/C27H30ClN3O2S/c1-17-4-8-22(9-5-17)26-30-19(3)24(34-26)27(33)31-14-12-21(13-15-31)18(2)25(32)29-16-20-6-10-23(28)11-7-20/h4-11,18,21H,12-16H2,1-3H3,(H,29,32). The Hall–Kier alpha value is -2.70. The molecular weight excluding hydrogens is 466 g/mol. The molecule has 1 N–H and O–H groups in total. The number of carbonyl (C=O) groups excluding carboxylic acids is 2. The Morgan fingerprint density at radius 1 is 1.09 bits per heavy atom. The highest BCUT2D eigenvalue weighted by Gasteiger charge is 2.31. The fraction of sp³-hybridized carbons (Fsp3) is 0.370. The molecule has 1 unspecified atom stereocenters. The van der Waals surface area contributed by atoms with Crippen LogP contribution in [0.3, 0.4) is 0 Å². The number of hydrogen-bond donors (Lipinski definition) is 1. The summed E-state index contributed by atoms with van der Waals surface area (Å²) in [5.74, 6) is 0.273. The third-order valence-corrected chi connectivity index (χ3v) is 8.06. The van der Waals surface area contributed by atoms with Gasteiger partial charge in [0.15, 0.2) is 0 Å². The van der Waals surface area contributed by atoms with Crippen LogP contribution in [0, 0.1) is 25.7 Å². The average molecular weight is 496 g/mol. The predicted octanol–water partition coefficient (Wildman–Crippen LogP) is 5.89. The lowest BCUT2D eigenvalue weighted by atomic mass is 9.84. The van der Waals surface area contributed by atoms with Crippen LogP contribution in [-0.2, 0) is 11.3 Å². The van der Waals surface area contributed by atoms with Crippen LogP contribution in [0.4, 0.5) is 0 Å². The number of piperidine rings is 1. The Morgan fingerprint density at radius 3 is 2.38 bits per heavy atom. The molecule has 2 aromatic carbocycles. The first kappa shape index (κ1) is 24.4. The number of likely N-dealkylation sites (tertiary alicyclic amines) is 1. The lowest BCUT2D eigenvalue weighted by Crippen LogP contribution is -2.42. The molecule has 7 heteroatoms. The van der Waals surface area contributed by atoms with Gasteiger partial charge < -0.3 is 10.2 Å². The number of benzene rings is 2. The highest BCUT2D eigenvalue weighted by atomic mass is 35.5. The van der Waals surface area contributed by atoms with Gasteiger partial charge in [-0.2, -0.15) is 0 Å². The summed E-state index contributed by atoms with van der Waals surface area (Å²) >= 11 is 7.39. The number of rotatable bonds is 6. The molecule has 0 bridgehead atoms. The van der Waals surface area contributed by atoms with E-state index in [0.717, 1.165) is 34.7 Å². The van der Waals surface area contributed by atoms with Crippen LogP contribution in [0.15, 0.2) is 48.5 Å². The number of hydrogen-bond acceptors (Lipinski definition) is 4. The van der Waals surface area contributed by atoms with E-state index < -0.39 is 0 Å². The topological polar surface area (TPSA) is 62.3 Å². The zero-order chi connectivity index (χ0) is 24.2. The Labute approximate surface area is 210 Å². The third-order valence-electron chi connectivity index (χ3n) is 6.62. The Balaban J connectivity index is 1.31. The van der Waals surface area contributed by atoms with Crippen molar-refractivity contribution in [2.75, 3.05) is 13.1 Å². The number of carbonyl (C=O) groups is 2. The van der Waals surface area contributed by atoms with Crippen LogP contribution in [-0.4, -0.2) is 34.8 Å². The molecule has 34 heavy (non-hydrogen) atoms. The summed E-state index contributed by atoms with van der Waals surface area (Å²) in [5, 5.41) is 4.60. The van der Waals surface area contributed by atoms with Crippen molar-refractivity contribution in [3.8, 4) is 10.6 Å². The molecule has 0 spiro atoms. The van der Waals surface area contributed by atoms with Gasteiger partial charge in [-0.1, -0.05) is 60.5 Å². The number of amides is 2. The minimum absolute atomic E-state index is 0.0478. The Kier molecular flexibility index (Phi) is 7.69. The number of nitrogens with one attached hydrogen (secondary N) is 1. The zero-order valence-electron chi connectivity index (χ0n) is 19.8. The summed E-state index contributed by atoms with van der Waals surface area (Å²) < 4.78 is 0. The minimum atomic E-state index is -0.0946. The smallest absolute Gasteiger partial charge is 0.265 e. The second kappa shape index (κ2) is 10.7. The number of nitrogens with zero attached hydrogens (tertiary/aromatic N) is 2. The van der Waals surface area contributed by atoms with Gasteiger partial charge in [-0.3, -0.25) is 9.59 Å². The number of halogens is 1. The number of aryl methyl sites for hydroxylation is 2. The van der Waals surface area contributed by atoms with Crippen molar-refractivity contribution in [2.24, 2.45) is 11.8 Å². The normalized spacial score (nSPS) is 15.2. The minimum Gasteiger partial charge on any atom is -0.352 e. The van der Waals surface area contributed by atoms with Gasteiger partial charge in [0, 0.05) is 36.1 Å². The van der Waals surface area contributed by atoms with Gasteiger partial charge in [0.25, 0.3) is 5.91 Å². The van der Waals surface area contributed by atoms with Gasteiger partial charge in [-0.25, -0.2) is 4.98 Å². The van der Waals surface area contributed by atoms with E-state index in [9.17, 15) is 9.59 Å². The molecule has 0 saturated carbocycles. The lowest BCUT2D eigenvalue weighted by Gasteiger charge is -2.34. The van der Waals surface area contributed by atoms with Crippen LogP contribution < -0.4 is 5.32 Å². The van der Waals surface area contributed by atoms with Crippen LogP contribution in [0.25, 0.3) is 10.6 Å². The maximum atomic E-state index is 13.2. The summed E-state index contributed by atoms with van der Waals surface area (Å²) in [5.41, 5.74) is 4.04. The van der Waals surface area contributed by atoms with Crippen molar-refractivity contribution in [2.45, 2.75) is 40.2 Å². The fourth-order valence-corrected chi connectivity index (χ4v) is 5.49. The molecular formula is C27H30ClN3O2S. The van der Waals surface area contributed by atoms with Crippen LogP contribution in [0.2, 0.25) is 5.02 Å². The molecule has 178 valence electrons. The molecule has 1 fully saturated rings. The molecule has 1 aromatic heterocycles. The van der Waals surface area contributed by atoms with E-state index in [4.69, 9.17) is 11.6 Å². The molecule has 0 aliphatic carbocycles. The highest BCUT2D eigenvalue weighted by molar-refractivity contribution is 7.17. The molecule has 0 radical (unpaired) electrons. The van der Waals surface area contributed by atoms with E-state index in [0.29, 0.717) is 29.5 Å². The summed E-state index contributed by atoms with van der Waals surface area (Å²) in [6.07, 6.45) is 1.65. The van der Waals surface area contributed by atoms with Crippen molar-refractivity contribution in [1.82, 2.24) is 15.2 Å². The Bertz CT molecular complexity index is 1150. The van der Waals surface area contributed by atoms with E-state index in [1.54, 1.807) is 0 Å². The molecule has 1 aliphatic heterocycles. The van der Waals surface area contributed by atoms with Gasteiger partial charge in [0.2, 0.25) is 5.91 Å². The van der Waals surface area contributed by atoms with Crippen molar-refractivity contribution in [3.05, 3.63) is 75.3 Å². The zero-order valence-corrected chi connectivity index (χ0v) is 21.4. The quantitative estimate of drug-likeness (QED) is 0.464. The predicted molar refractivity (Wildman–Crippen MR) is 138 cm³/mol. The molecule has 2 heterocycles. The first-order chi connectivity index (χ1) is 16.3. The summed E-state index contributed by atoms with van der Waals surface area (Å²) in [6, 6.07) is 15.7. The summed E-state index contributed by atoms with van der Waals surface area (Å²) in [7, 11) is 0. The maximum Gasteiger partial charge on any atom is 0.265 e. The van der Waals surface area contributed by atoms with Crippen LogP contribution in [0.5, 0.6) is 0 Å². The maximum absolute atomic E-state index is 13.2. The monoisotopic (exact) mass is 495 g/mol. The van der Waals surface area contributed by atoms with Crippen molar-refractivity contribution >= 4 is 34.8 Å². The number of aromatic nitrogens is 1. The fourth-order valence-electron chi connectivity index (χ4n) is 4.33. The van der Waals surface area contributed by atoms with E-state index in [1.165, 1.54) is 16.9 Å². The van der Waals surface area contributed by atoms with Crippen molar-refractivity contribution in [3.63, 3.8) is 0 Å². The van der Waals surface area contributed by atoms with E-state index in [-0.39, 0.29) is 23.7 Å². The third kappa shape index (κ3) is 5.68. The van der Waals surface area contributed by atoms with Crippen LogP contribution in [0.1, 0.15) is 46.3 Å². The van der Waals surface area contributed by atoms with E-state index in [1.807, 2.05) is 55.1 Å². The van der Waals surface area contributed by atoms with E-state index in [2.05, 4.69) is 29.4 Å². The van der Waals surface area contributed by atoms with Gasteiger partial charge >= 0.3 is 0 Å². The highest BCUT2D eigenvalue weighted by Crippen LogP contribution is 2.31. The molecule has 5 nitrogen and oxygen atoms in total. The van der Waals surface area contributed by atoms with Gasteiger partial charge in [0.1, 0.15) is 9.88 Å². The molecule has 1 aliphatic rings. The molecule has 1 atom stereocenters. The van der Waals surface area contributed by atoms with Crippen molar-refractivity contribution in [1.29, 1.82) is 0 Å². The largest absolute Gasteiger partial charge is 0.352 e. The lowest BCUT2D eigenvalue weighted by molar-refractivity contribution is -0.126. The molecule has 4 rings (SSSR count). The van der Waals surface area contributed by atoms with Gasteiger partial charge in [-0.05, 0) is 50.3 Å². The second-order valence-electron chi connectivity index (χ2n) is 9.06. The second-order valence-corrected chi connectivity index (χ2v) is 10.5. The van der Waals surface area contributed by atoms with Crippen molar-refractivity contribution < 1.29 is 9.59 Å². The van der Waals surface area contributed by atoms with Crippen LogP contribution >= 0.6 is 22.9 Å². The average Bonchev–Trinajstić information content (AvgIpc) is 3.24.